The molecule has 1 heterocycles. The SMILES string of the molecule is I.NC(=NCC(=O)N1CCN(c2ccc(Cl)cc2)CC1)NCC1CCC1. The number of hydrogen-bond acceptors (Lipinski definition) is 3. The summed E-state index contributed by atoms with van der Waals surface area (Å²) in [6.45, 7) is 4.01. The van der Waals surface area contributed by atoms with Crippen LogP contribution in [0.4, 0.5) is 5.69 Å². The molecule has 0 radical (unpaired) electrons. The van der Waals surface area contributed by atoms with Crippen LogP contribution in [-0.2, 0) is 4.79 Å². The van der Waals surface area contributed by atoms with Gasteiger partial charge in [0.1, 0.15) is 6.54 Å². The number of halogens is 2. The van der Waals surface area contributed by atoms with Crippen molar-refractivity contribution < 1.29 is 4.79 Å². The summed E-state index contributed by atoms with van der Waals surface area (Å²) in [5.41, 5.74) is 6.98. The molecule has 0 bridgehead atoms. The van der Waals surface area contributed by atoms with Gasteiger partial charge in [0.15, 0.2) is 5.96 Å². The smallest absolute Gasteiger partial charge is 0.244 e. The maximum absolute atomic E-state index is 12.3. The number of nitrogens with one attached hydrogen (secondary N) is 1. The minimum Gasteiger partial charge on any atom is -0.370 e. The first-order chi connectivity index (χ1) is 12.1. The summed E-state index contributed by atoms with van der Waals surface area (Å²) in [5, 5.41) is 3.85. The second-order valence-corrected chi connectivity index (χ2v) is 7.16. The summed E-state index contributed by atoms with van der Waals surface area (Å²) in [4.78, 5) is 20.6. The number of hydrogen-bond donors (Lipinski definition) is 2. The zero-order chi connectivity index (χ0) is 17.6. The zero-order valence-electron chi connectivity index (χ0n) is 14.9. The normalized spacial score (nSPS) is 18.1. The lowest BCUT2D eigenvalue weighted by molar-refractivity contribution is -0.129. The third kappa shape index (κ3) is 5.90. The van der Waals surface area contributed by atoms with E-state index >= 15 is 0 Å². The number of benzene rings is 1. The highest BCUT2D eigenvalue weighted by Crippen LogP contribution is 2.25. The molecule has 2 aliphatic rings. The minimum atomic E-state index is 0. The van der Waals surface area contributed by atoms with Crippen molar-refractivity contribution in [2.75, 3.05) is 44.2 Å². The maximum atomic E-state index is 12.3. The van der Waals surface area contributed by atoms with Crippen molar-refractivity contribution in [1.29, 1.82) is 0 Å². The molecule has 1 saturated carbocycles. The second kappa shape index (κ2) is 10.2. The van der Waals surface area contributed by atoms with Crippen molar-refractivity contribution in [2.24, 2.45) is 16.6 Å². The molecule has 1 aromatic carbocycles. The summed E-state index contributed by atoms with van der Waals surface area (Å²) in [6, 6.07) is 7.81. The van der Waals surface area contributed by atoms with Gasteiger partial charge in [0.2, 0.25) is 5.91 Å². The Hall–Kier alpha value is -1.22. The predicted octanol–water partition coefficient (Wildman–Crippen LogP) is 2.31. The van der Waals surface area contributed by atoms with E-state index < -0.39 is 0 Å². The molecule has 1 aliphatic carbocycles. The lowest BCUT2D eigenvalue weighted by Gasteiger charge is -2.36. The van der Waals surface area contributed by atoms with Gasteiger partial charge in [-0.2, -0.15) is 0 Å². The first-order valence-corrected chi connectivity index (χ1v) is 9.31. The van der Waals surface area contributed by atoms with Gasteiger partial charge >= 0.3 is 0 Å². The number of aliphatic imine (C=N–C) groups is 1. The summed E-state index contributed by atoms with van der Waals surface area (Å²) < 4.78 is 0. The summed E-state index contributed by atoms with van der Waals surface area (Å²) in [7, 11) is 0. The Morgan fingerprint density at radius 3 is 2.42 bits per heavy atom. The number of amides is 1. The number of rotatable bonds is 5. The molecular weight excluding hydrogens is 465 g/mol. The highest BCUT2D eigenvalue weighted by Gasteiger charge is 2.21. The molecule has 1 saturated heterocycles. The van der Waals surface area contributed by atoms with Crippen molar-refractivity contribution >= 4 is 53.1 Å². The van der Waals surface area contributed by atoms with E-state index in [4.69, 9.17) is 17.3 Å². The Labute approximate surface area is 177 Å². The van der Waals surface area contributed by atoms with Crippen LogP contribution in [0.25, 0.3) is 0 Å². The van der Waals surface area contributed by atoms with Crippen molar-refractivity contribution in [2.45, 2.75) is 19.3 Å². The Kier molecular flexibility index (Phi) is 8.27. The van der Waals surface area contributed by atoms with Gasteiger partial charge in [-0.25, -0.2) is 4.99 Å². The summed E-state index contributed by atoms with van der Waals surface area (Å²) >= 11 is 5.93. The molecule has 0 aromatic heterocycles. The van der Waals surface area contributed by atoms with Crippen LogP contribution in [0.2, 0.25) is 5.02 Å². The topological polar surface area (TPSA) is 74.0 Å². The third-order valence-corrected chi connectivity index (χ3v) is 5.26. The van der Waals surface area contributed by atoms with Crippen LogP contribution >= 0.6 is 35.6 Å². The van der Waals surface area contributed by atoms with E-state index in [1.807, 2.05) is 29.2 Å². The average molecular weight is 492 g/mol. The van der Waals surface area contributed by atoms with Crippen molar-refractivity contribution in [3.63, 3.8) is 0 Å². The van der Waals surface area contributed by atoms with Crippen LogP contribution in [0.15, 0.2) is 29.3 Å². The second-order valence-electron chi connectivity index (χ2n) is 6.72. The Morgan fingerprint density at radius 1 is 1.19 bits per heavy atom. The van der Waals surface area contributed by atoms with Gasteiger partial charge in [-0.1, -0.05) is 18.0 Å². The fourth-order valence-electron chi connectivity index (χ4n) is 3.12. The van der Waals surface area contributed by atoms with E-state index in [2.05, 4.69) is 15.2 Å². The number of nitrogens with two attached hydrogens (primary N) is 1. The van der Waals surface area contributed by atoms with Crippen LogP contribution in [0.5, 0.6) is 0 Å². The van der Waals surface area contributed by atoms with Crippen LogP contribution < -0.4 is 16.0 Å². The van der Waals surface area contributed by atoms with Gasteiger partial charge in [-0.15, -0.1) is 24.0 Å². The van der Waals surface area contributed by atoms with Crippen LogP contribution in [0.3, 0.4) is 0 Å². The molecule has 26 heavy (non-hydrogen) atoms. The molecule has 1 aromatic rings. The highest BCUT2D eigenvalue weighted by atomic mass is 127. The van der Waals surface area contributed by atoms with E-state index in [0.717, 1.165) is 30.3 Å². The van der Waals surface area contributed by atoms with Gasteiger partial charge in [0.25, 0.3) is 0 Å². The average Bonchev–Trinajstić information content (AvgIpc) is 2.59. The molecule has 0 unspecified atom stereocenters. The fourth-order valence-corrected chi connectivity index (χ4v) is 3.25. The van der Waals surface area contributed by atoms with Crippen LogP contribution in [0.1, 0.15) is 19.3 Å². The Morgan fingerprint density at radius 2 is 1.85 bits per heavy atom. The Balaban J connectivity index is 0.00000243. The lowest BCUT2D eigenvalue weighted by atomic mass is 9.85. The predicted molar refractivity (Wildman–Crippen MR) is 117 cm³/mol. The van der Waals surface area contributed by atoms with Gasteiger partial charge < -0.3 is 20.9 Å². The minimum absolute atomic E-state index is 0. The molecule has 2 fully saturated rings. The molecule has 144 valence electrons. The standard InChI is InChI=1S/C18H26ClN5O.HI/c19-15-4-6-16(7-5-15)23-8-10-24(11-9-23)17(25)13-22-18(20)21-12-14-2-1-3-14;/h4-7,14H,1-3,8-13H2,(H3,20,21,22);1H. The highest BCUT2D eigenvalue weighted by molar-refractivity contribution is 14.0. The molecule has 3 rings (SSSR count). The van der Waals surface area contributed by atoms with Gasteiger partial charge in [0, 0.05) is 43.4 Å². The molecule has 0 atom stereocenters. The number of carbonyl (C=O) groups is 1. The van der Waals surface area contributed by atoms with E-state index in [1.54, 1.807) is 0 Å². The third-order valence-electron chi connectivity index (χ3n) is 5.01. The zero-order valence-corrected chi connectivity index (χ0v) is 18.0. The van der Waals surface area contributed by atoms with Gasteiger partial charge in [0.05, 0.1) is 0 Å². The molecule has 1 aliphatic heterocycles. The number of guanidine groups is 1. The van der Waals surface area contributed by atoms with Gasteiger partial charge in [-0.05, 0) is 43.0 Å². The molecule has 6 nitrogen and oxygen atoms in total. The number of anilines is 1. The molecule has 0 spiro atoms. The monoisotopic (exact) mass is 491 g/mol. The van der Waals surface area contributed by atoms with Crippen molar-refractivity contribution in [1.82, 2.24) is 10.2 Å². The van der Waals surface area contributed by atoms with Crippen molar-refractivity contribution in [3.8, 4) is 0 Å². The molecule has 1 amide bonds. The quantitative estimate of drug-likeness (QED) is 0.377. The molecule has 3 N–H and O–H groups in total. The van der Waals surface area contributed by atoms with Crippen LogP contribution in [0, 0.1) is 5.92 Å². The van der Waals surface area contributed by atoms with Gasteiger partial charge in [-0.3, -0.25) is 4.79 Å². The first-order valence-electron chi connectivity index (χ1n) is 8.94. The van der Waals surface area contributed by atoms with E-state index in [1.165, 1.54) is 19.3 Å². The number of piperazine rings is 1. The number of nitrogens with zero attached hydrogens (tertiary/aromatic N) is 3. The summed E-state index contributed by atoms with van der Waals surface area (Å²) in [5.74, 6) is 1.12. The summed E-state index contributed by atoms with van der Waals surface area (Å²) in [6.07, 6.45) is 3.83. The fraction of sp³-hybridized carbons (Fsp3) is 0.556. The largest absolute Gasteiger partial charge is 0.370 e. The Bertz CT molecular complexity index is 613. The number of carbonyl (C=O) groups excluding carboxylic acids is 1. The molecule has 8 heteroatoms. The van der Waals surface area contributed by atoms with Crippen LogP contribution in [-0.4, -0.2) is 56.0 Å². The van der Waals surface area contributed by atoms with E-state index in [9.17, 15) is 4.79 Å². The van der Waals surface area contributed by atoms with Crippen molar-refractivity contribution in [3.05, 3.63) is 29.3 Å². The maximum Gasteiger partial charge on any atom is 0.244 e. The van der Waals surface area contributed by atoms with E-state index in [0.29, 0.717) is 25.0 Å². The van der Waals surface area contributed by atoms with E-state index in [-0.39, 0.29) is 36.4 Å². The first kappa shape index (κ1) is 21.1. The lowest BCUT2D eigenvalue weighted by Crippen LogP contribution is -2.49. The molecular formula is C18H27ClIN5O.